The minimum atomic E-state index is 0.515. The highest BCUT2D eigenvalue weighted by Gasteiger charge is 2.08. The van der Waals surface area contributed by atoms with E-state index in [2.05, 4.69) is 30.3 Å². The summed E-state index contributed by atoms with van der Waals surface area (Å²) in [5.41, 5.74) is 1.09. The van der Waals surface area contributed by atoms with Gasteiger partial charge in [-0.3, -0.25) is 4.68 Å². The molecule has 1 N–H and O–H groups in total. The number of hydrogen-bond donors (Lipinski definition) is 1. The van der Waals surface area contributed by atoms with Crippen molar-refractivity contribution in [1.82, 2.24) is 15.1 Å². The van der Waals surface area contributed by atoms with Crippen LogP contribution in [0, 0.1) is 6.92 Å². The molecule has 2 aromatic heterocycles. The molecular weight excluding hydrogens is 266 g/mol. The Morgan fingerprint density at radius 2 is 2.19 bits per heavy atom. The molecule has 0 radical (unpaired) electrons. The first-order chi connectivity index (χ1) is 10.2. The summed E-state index contributed by atoms with van der Waals surface area (Å²) < 4.78 is 13.4. The van der Waals surface area contributed by atoms with E-state index >= 15 is 0 Å². The zero-order chi connectivity index (χ0) is 15.1. The Bertz CT molecular complexity index is 545. The molecule has 0 unspecified atom stereocenters. The van der Waals surface area contributed by atoms with E-state index in [0.717, 1.165) is 55.3 Å². The third kappa shape index (κ3) is 4.63. The Balaban J connectivity index is 1.87. The van der Waals surface area contributed by atoms with Crippen molar-refractivity contribution in [3.8, 4) is 5.75 Å². The van der Waals surface area contributed by atoms with Gasteiger partial charge >= 0.3 is 0 Å². The van der Waals surface area contributed by atoms with Crippen LogP contribution in [0.5, 0.6) is 5.75 Å². The lowest BCUT2D eigenvalue weighted by Gasteiger charge is -2.01. The van der Waals surface area contributed by atoms with Gasteiger partial charge in [0.1, 0.15) is 18.1 Å². The molecule has 2 heterocycles. The topological polar surface area (TPSA) is 52.2 Å². The molecule has 0 aliphatic heterocycles. The smallest absolute Gasteiger partial charge is 0.157 e. The molecule has 0 aliphatic carbocycles. The number of nitrogens with zero attached hydrogens (tertiary/aromatic N) is 2. The van der Waals surface area contributed by atoms with Crippen LogP contribution < -0.4 is 10.1 Å². The normalized spacial score (nSPS) is 11.0. The SMILES string of the molecule is CCCNCc1cc(COc2cnn(CCC)c2)c(C)o1. The van der Waals surface area contributed by atoms with Gasteiger partial charge in [0.15, 0.2) is 5.75 Å². The molecule has 0 aliphatic rings. The van der Waals surface area contributed by atoms with Gasteiger partial charge in [-0.05, 0) is 32.4 Å². The van der Waals surface area contributed by atoms with Crippen LogP contribution >= 0.6 is 0 Å². The van der Waals surface area contributed by atoms with Crippen molar-refractivity contribution < 1.29 is 9.15 Å². The van der Waals surface area contributed by atoms with E-state index < -0.39 is 0 Å². The predicted molar refractivity (Wildman–Crippen MR) is 82.3 cm³/mol. The fourth-order valence-corrected chi connectivity index (χ4v) is 2.14. The second kappa shape index (κ2) is 7.88. The number of aromatic nitrogens is 2. The van der Waals surface area contributed by atoms with Crippen LogP contribution in [0.2, 0.25) is 0 Å². The van der Waals surface area contributed by atoms with Crippen LogP contribution in [-0.2, 0) is 19.7 Å². The molecule has 2 rings (SSSR count). The van der Waals surface area contributed by atoms with Crippen LogP contribution in [-0.4, -0.2) is 16.3 Å². The zero-order valence-corrected chi connectivity index (χ0v) is 13.2. The van der Waals surface area contributed by atoms with Gasteiger partial charge in [0, 0.05) is 12.1 Å². The lowest BCUT2D eigenvalue weighted by atomic mass is 10.2. The van der Waals surface area contributed by atoms with Gasteiger partial charge in [0.25, 0.3) is 0 Å². The quantitative estimate of drug-likeness (QED) is 0.720. The van der Waals surface area contributed by atoms with Gasteiger partial charge in [0.2, 0.25) is 0 Å². The highest BCUT2D eigenvalue weighted by atomic mass is 16.5. The summed E-state index contributed by atoms with van der Waals surface area (Å²) >= 11 is 0. The van der Waals surface area contributed by atoms with E-state index in [-0.39, 0.29) is 0 Å². The van der Waals surface area contributed by atoms with Gasteiger partial charge in [-0.1, -0.05) is 13.8 Å². The van der Waals surface area contributed by atoms with E-state index in [0.29, 0.717) is 6.61 Å². The highest BCUT2D eigenvalue weighted by molar-refractivity contribution is 5.21. The maximum absolute atomic E-state index is 5.78. The summed E-state index contributed by atoms with van der Waals surface area (Å²) in [6.07, 6.45) is 5.88. The standard InChI is InChI=1S/C16H25N3O2/c1-4-6-17-9-15-8-14(13(3)21-15)12-20-16-10-18-19(11-16)7-5-2/h8,10-11,17H,4-7,9,12H2,1-3H3. The average molecular weight is 291 g/mol. The number of ether oxygens (including phenoxy) is 1. The third-order valence-corrected chi connectivity index (χ3v) is 3.25. The number of rotatable bonds is 9. The van der Waals surface area contributed by atoms with Crippen molar-refractivity contribution in [2.24, 2.45) is 0 Å². The molecule has 2 aromatic rings. The van der Waals surface area contributed by atoms with E-state index in [9.17, 15) is 0 Å². The van der Waals surface area contributed by atoms with Crippen LogP contribution in [0.15, 0.2) is 22.9 Å². The number of hydrogen-bond acceptors (Lipinski definition) is 4. The Labute approximate surface area is 126 Å². The van der Waals surface area contributed by atoms with Crippen molar-refractivity contribution in [3.63, 3.8) is 0 Å². The van der Waals surface area contributed by atoms with Crippen molar-refractivity contribution in [3.05, 3.63) is 35.5 Å². The average Bonchev–Trinajstić information content (AvgIpc) is 3.04. The van der Waals surface area contributed by atoms with E-state index in [1.165, 1.54) is 0 Å². The number of aryl methyl sites for hydroxylation is 2. The summed E-state index contributed by atoms with van der Waals surface area (Å²) in [5.74, 6) is 2.68. The largest absolute Gasteiger partial charge is 0.485 e. The predicted octanol–water partition coefficient (Wildman–Crippen LogP) is 3.27. The molecule has 116 valence electrons. The first-order valence-electron chi connectivity index (χ1n) is 7.67. The molecule has 5 heteroatoms. The fraction of sp³-hybridized carbons (Fsp3) is 0.562. The molecule has 0 aromatic carbocycles. The highest BCUT2D eigenvalue weighted by Crippen LogP contribution is 2.18. The van der Waals surface area contributed by atoms with Crippen molar-refractivity contribution in [2.45, 2.75) is 53.3 Å². The molecule has 0 bridgehead atoms. The summed E-state index contributed by atoms with van der Waals surface area (Å²) in [5, 5.41) is 7.59. The van der Waals surface area contributed by atoms with E-state index in [4.69, 9.17) is 9.15 Å². The van der Waals surface area contributed by atoms with Crippen LogP contribution in [0.4, 0.5) is 0 Å². The molecule has 21 heavy (non-hydrogen) atoms. The zero-order valence-electron chi connectivity index (χ0n) is 13.2. The van der Waals surface area contributed by atoms with Crippen molar-refractivity contribution in [1.29, 1.82) is 0 Å². The van der Waals surface area contributed by atoms with Gasteiger partial charge in [-0.2, -0.15) is 5.10 Å². The molecule has 0 saturated carbocycles. The Morgan fingerprint density at radius 3 is 2.95 bits per heavy atom. The maximum Gasteiger partial charge on any atom is 0.157 e. The molecule has 0 spiro atoms. The minimum Gasteiger partial charge on any atom is -0.485 e. The Kier molecular flexibility index (Phi) is 5.87. The van der Waals surface area contributed by atoms with Gasteiger partial charge in [0.05, 0.1) is 18.9 Å². The molecule has 0 fully saturated rings. The molecule has 0 amide bonds. The first kappa shape index (κ1) is 15.6. The monoisotopic (exact) mass is 291 g/mol. The summed E-state index contributed by atoms with van der Waals surface area (Å²) in [6, 6.07) is 2.06. The van der Waals surface area contributed by atoms with Gasteiger partial charge in [-0.15, -0.1) is 0 Å². The molecular formula is C16H25N3O2. The molecule has 0 atom stereocenters. The van der Waals surface area contributed by atoms with Crippen LogP contribution in [0.25, 0.3) is 0 Å². The van der Waals surface area contributed by atoms with Crippen LogP contribution in [0.1, 0.15) is 43.8 Å². The van der Waals surface area contributed by atoms with E-state index in [1.54, 1.807) is 6.20 Å². The van der Waals surface area contributed by atoms with Crippen molar-refractivity contribution in [2.75, 3.05) is 6.54 Å². The van der Waals surface area contributed by atoms with Gasteiger partial charge in [-0.25, -0.2) is 0 Å². The summed E-state index contributed by atoms with van der Waals surface area (Å²) in [7, 11) is 0. The Morgan fingerprint density at radius 1 is 1.33 bits per heavy atom. The molecule has 0 saturated heterocycles. The lowest BCUT2D eigenvalue weighted by Crippen LogP contribution is -2.13. The summed E-state index contributed by atoms with van der Waals surface area (Å²) in [6.45, 7) is 9.46. The third-order valence-electron chi connectivity index (χ3n) is 3.25. The maximum atomic E-state index is 5.78. The van der Waals surface area contributed by atoms with E-state index in [1.807, 2.05) is 17.8 Å². The minimum absolute atomic E-state index is 0.515. The van der Waals surface area contributed by atoms with Crippen molar-refractivity contribution >= 4 is 0 Å². The summed E-state index contributed by atoms with van der Waals surface area (Å²) in [4.78, 5) is 0. The first-order valence-corrected chi connectivity index (χ1v) is 7.67. The molecule has 5 nitrogen and oxygen atoms in total. The lowest BCUT2D eigenvalue weighted by molar-refractivity contribution is 0.302. The fourth-order valence-electron chi connectivity index (χ4n) is 2.14. The second-order valence-corrected chi connectivity index (χ2v) is 5.20. The van der Waals surface area contributed by atoms with Crippen LogP contribution in [0.3, 0.4) is 0 Å². The number of nitrogens with one attached hydrogen (secondary N) is 1. The number of furan rings is 1. The second-order valence-electron chi connectivity index (χ2n) is 5.20. The Hall–Kier alpha value is -1.75. The van der Waals surface area contributed by atoms with Gasteiger partial charge < -0.3 is 14.5 Å².